The zero-order valence-electron chi connectivity index (χ0n) is 10.6. The number of hydrogen-bond donors (Lipinski definition) is 2. The molecule has 0 fully saturated rings. The van der Waals surface area contributed by atoms with Gasteiger partial charge in [-0.3, -0.25) is 4.79 Å². The standard InChI is InChI=1S/C13H17FO4/c1-7-4-9(14)5-8(2)12(7)13(17)10(15)6-11(16)18-3/h4-5,10,13,15,17H,6H2,1-3H3. The van der Waals surface area contributed by atoms with Gasteiger partial charge in [-0.15, -0.1) is 0 Å². The average Bonchev–Trinajstić information content (AvgIpc) is 2.27. The summed E-state index contributed by atoms with van der Waals surface area (Å²) in [5, 5.41) is 19.8. The second-order valence-electron chi connectivity index (χ2n) is 4.25. The van der Waals surface area contributed by atoms with Crippen molar-refractivity contribution in [2.24, 2.45) is 0 Å². The van der Waals surface area contributed by atoms with E-state index >= 15 is 0 Å². The number of carbonyl (C=O) groups excluding carboxylic acids is 1. The second-order valence-corrected chi connectivity index (χ2v) is 4.25. The van der Waals surface area contributed by atoms with Crippen molar-refractivity contribution in [2.75, 3.05) is 7.11 Å². The number of aryl methyl sites for hydroxylation is 2. The lowest BCUT2D eigenvalue weighted by Crippen LogP contribution is -2.24. The molecule has 0 spiro atoms. The maximum Gasteiger partial charge on any atom is 0.308 e. The minimum atomic E-state index is -1.28. The molecule has 1 rings (SSSR count). The number of halogens is 1. The van der Waals surface area contributed by atoms with Gasteiger partial charge in [0.1, 0.15) is 11.9 Å². The van der Waals surface area contributed by atoms with Crippen molar-refractivity contribution in [1.29, 1.82) is 0 Å². The van der Waals surface area contributed by atoms with Gasteiger partial charge < -0.3 is 14.9 Å². The summed E-state index contributed by atoms with van der Waals surface area (Å²) in [5.74, 6) is -1.01. The Balaban J connectivity index is 2.96. The van der Waals surface area contributed by atoms with Crippen LogP contribution in [0.1, 0.15) is 29.2 Å². The molecule has 0 saturated carbocycles. The molecule has 0 amide bonds. The van der Waals surface area contributed by atoms with E-state index in [2.05, 4.69) is 4.74 Å². The van der Waals surface area contributed by atoms with E-state index in [4.69, 9.17) is 0 Å². The van der Waals surface area contributed by atoms with Crippen molar-refractivity contribution < 1.29 is 24.1 Å². The third-order valence-electron chi connectivity index (χ3n) is 2.82. The van der Waals surface area contributed by atoms with Crippen molar-refractivity contribution in [3.05, 3.63) is 34.6 Å². The Bertz CT molecular complexity index is 422. The first-order valence-electron chi connectivity index (χ1n) is 5.56. The van der Waals surface area contributed by atoms with E-state index in [1.807, 2.05) is 0 Å². The van der Waals surface area contributed by atoms with Crippen LogP contribution in [0, 0.1) is 19.7 Å². The van der Waals surface area contributed by atoms with Crippen LogP contribution in [-0.2, 0) is 9.53 Å². The van der Waals surface area contributed by atoms with Crippen molar-refractivity contribution in [1.82, 2.24) is 0 Å². The van der Waals surface area contributed by atoms with E-state index in [1.54, 1.807) is 13.8 Å². The number of aliphatic hydroxyl groups excluding tert-OH is 2. The van der Waals surface area contributed by atoms with E-state index in [-0.39, 0.29) is 6.42 Å². The Morgan fingerprint density at radius 2 is 1.83 bits per heavy atom. The molecule has 0 saturated heterocycles. The maximum absolute atomic E-state index is 13.1. The summed E-state index contributed by atoms with van der Waals surface area (Å²) < 4.78 is 17.5. The van der Waals surface area contributed by atoms with Crippen LogP contribution < -0.4 is 0 Å². The lowest BCUT2D eigenvalue weighted by molar-refractivity contribution is -0.144. The first-order chi connectivity index (χ1) is 8.36. The number of methoxy groups -OCH3 is 1. The minimum Gasteiger partial charge on any atom is -0.469 e. The largest absolute Gasteiger partial charge is 0.469 e. The average molecular weight is 256 g/mol. The molecule has 0 aromatic heterocycles. The molecule has 4 nitrogen and oxygen atoms in total. The monoisotopic (exact) mass is 256 g/mol. The normalized spacial score (nSPS) is 14.1. The molecule has 0 bridgehead atoms. The summed E-state index contributed by atoms with van der Waals surface area (Å²) in [7, 11) is 1.20. The third-order valence-corrected chi connectivity index (χ3v) is 2.82. The fourth-order valence-corrected chi connectivity index (χ4v) is 1.95. The van der Waals surface area contributed by atoms with Crippen LogP contribution in [0.5, 0.6) is 0 Å². The first kappa shape index (κ1) is 14.6. The lowest BCUT2D eigenvalue weighted by atomic mass is 9.93. The van der Waals surface area contributed by atoms with Gasteiger partial charge in [0.25, 0.3) is 0 Å². The van der Waals surface area contributed by atoms with Crippen LogP contribution in [0.2, 0.25) is 0 Å². The molecule has 2 N–H and O–H groups in total. The van der Waals surface area contributed by atoms with Gasteiger partial charge in [-0.05, 0) is 42.7 Å². The summed E-state index contributed by atoms with van der Waals surface area (Å²) in [4.78, 5) is 11.0. The molecular weight excluding hydrogens is 239 g/mol. The number of aliphatic hydroxyl groups is 2. The zero-order valence-corrected chi connectivity index (χ0v) is 10.6. The molecule has 0 aliphatic rings. The van der Waals surface area contributed by atoms with Crippen LogP contribution >= 0.6 is 0 Å². The van der Waals surface area contributed by atoms with Crippen molar-refractivity contribution in [3.8, 4) is 0 Å². The van der Waals surface area contributed by atoms with Gasteiger partial charge >= 0.3 is 5.97 Å². The molecule has 2 unspecified atom stereocenters. The molecule has 18 heavy (non-hydrogen) atoms. The number of esters is 1. The summed E-state index contributed by atoms with van der Waals surface area (Å²) in [5.41, 5.74) is 1.50. The van der Waals surface area contributed by atoms with Crippen LogP contribution in [0.3, 0.4) is 0 Å². The van der Waals surface area contributed by atoms with E-state index in [0.717, 1.165) is 0 Å². The number of rotatable bonds is 4. The van der Waals surface area contributed by atoms with Crippen molar-refractivity contribution in [3.63, 3.8) is 0 Å². The molecule has 0 aliphatic carbocycles. The molecule has 1 aromatic carbocycles. The van der Waals surface area contributed by atoms with Crippen LogP contribution in [0.15, 0.2) is 12.1 Å². The van der Waals surface area contributed by atoms with E-state index in [1.165, 1.54) is 19.2 Å². The fraction of sp³-hybridized carbons (Fsp3) is 0.462. The Hall–Kier alpha value is -1.46. The quantitative estimate of drug-likeness (QED) is 0.799. The summed E-state index contributed by atoms with van der Waals surface area (Å²) in [6.45, 7) is 3.28. The van der Waals surface area contributed by atoms with Crippen LogP contribution in [-0.4, -0.2) is 29.4 Å². The SMILES string of the molecule is COC(=O)CC(O)C(O)c1c(C)cc(F)cc1C. The zero-order chi connectivity index (χ0) is 13.9. The van der Waals surface area contributed by atoms with Gasteiger partial charge in [-0.25, -0.2) is 4.39 Å². The molecule has 2 atom stereocenters. The third kappa shape index (κ3) is 3.27. The lowest BCUT2D eigenvalue weighted by Gasteiger charge is -2.21. The van der Waals surface area contributed by atoms with Crippen molar-refractivity contribution >= 4 is 5.97 Å². The van der Waals surface area contributed by atoms with Gasteiger partial charge in [0.05, 0.1) is 19.6 Å². The highest BCUT2D eigenvalue weighted by molar-refractivity contribution is 5.69. The number of hydrogen-bond acceptors (Lipinski definition) is 4. The molecule has 1 aromatic rings. The van der Waals surface area contributed by atoms with E-state index < -0.39 is 24.0 Å². The fourth-order valence-electron chi connectivity index (χ4n) is 1.95. The Labute approximate surface area is 105 Å². The number of carbonyl (C=O) groups is 1. The van der Waals surface area contributed by atoms with E-state index in [9.17, 15) is 19.4 Å². The van der Waals surface area contributed by atoms with Gasteiger partial charge in [-0.2, -0.15) is 0 Å². The summed E-state index contributed by atoms with van der Waals surface area (Å²) in [6.07, 6.45) is -2.83. The highest BCUT2D eigenvalue weighted by atomic mass is 19.1. The highest BCUT2D eigenvalue weighted by Gasteiger charge is 2.24. The Morgan fingerprint density at radius 1 is 1.33 bits per heavy atom. The van der Waals surface area contributed by atoms with Crippen LogP contribution in [0.25, 0.3) is 0 Å². The van der Waals surface area contributed by atoms with Crippen molar-refractivity contribution in [2.45, 2.75) is 32.5 Å². The van der Waals surface area contributed by atoms with Gasteiger partial charge in [0, 0.05) is 0 Å². The molecule has 100 valence electrons. The van der Waals surface area contributed by atoms with Gasteiger partial charge in [-0.1, -0.05) is 0 Å². The molecule has 0 radical (unpaired) electrons. The molecule has 5 heteroatoms. The van der Waals surface area contributed by atoms with E-state index in [0.29, 0.717) is 16.7 Å². The number of ether oxygens (including phenoxy) is 1. The highest BCUT2D eigenvalue weighted by Crippen LogP contribution is 2.26. The van der Waals surface area contributed by atoms with Gasteiger partial charge in [0.15, 0.2) is 0 Å². The van der Waals surface area contributed by atoms with Gasteiger partial charge in [0.2, 0.25) is 0 Å². The Morgan fingerprint density at radius 3 is 2.28 bits per heavy atom. The summed E-state index contributed by atoms with van der Waals surface area (Å²) >= 11 is 0. The molecule has 0 heterocycles. The second kappa shape index (κ2) is 5.93. The smallest absolute Gasteiger partial charge is 0.308 e. The van der Waals surface area contributed by atoms with Crippen LogP contribution in [0.4, 0.5) is 4.39 Å². The minimum absolute atomic E-state index is 0.312. The predicted octanol–water partition coefficient (Wildman–Crippen LogP) is 1.40. The first-order valence-corrected chi connectivity index (χ1v) is 5.56. The molecular formula is C13H17FO4. The number of benzene rings is 1. The molecule has 0 aliphatic heterocycles. The Kier molecular flexibility index (Phi) is 4.81. The predicted molar refractivity (Wildman–Crippen MR) is 63.5 cm³/mol. The topological polar surface area (TPSA) is 66.8 Å². The maximum atomic E-state index is 13.1. The summed E-state index contributed by atoms with van der Waals surface area (Å²) in [6, 6.07) is 2.55.